The monoisotopic (exact) mass is 227 g/mol. The van der Waals surface area contributed by atoms with Crippen LogP contribution < -0.4 is 5.32 Å². The number of nitrogens with zero attached hydrogens (tertiary/aromatic N) is 2. The third-order valence-corrected chi connectivity index (χ3v) is 2.12. The van der Waals surface area contributed by atoms with E-state index in [1.165, 1.54) is 0 Å². The number of aryl methyl sites for hydroxylation is 1. The molecule has 1 aromatic heterocycles. The SMILES string of the molecule is COCC(CCO)NC(=O)c1cn(C)cn1. The van der Waals surface area contributed by atoms with Gasteiger partial charge in [-0.05, 0) is 6.42 Å². The zero-order chi connectivity index (χ0) is 12.0. The number of carbonyl (C=O) groups is 1. The number of methoxy groups -OCH3 is 1. The lowest BCUT2D eigenvalue weighted by molar-refractivity contribution is 0.0874. The van der Waals surface area contributed by atoms with Crippen LogP contribution in [0, 0.1) is 0 Å². The molecule has 90 valence electrons. The highest BCUT2D eigenvalue weighted by molar-refractivity contribution is 5.92. The van der Waals surface area contributed by atoms with Crippen LogP contribution in [0.1, 0.15) is 16.9 Å². The molecular weight excluding hydrogens is 210 g/mol. The number of carbonyl (C=O) groups excluding carboxylic acids is 1. The fourth-order valence-corrected chi connectivity index (χ4v) is 1.34. The maximum atomic E-state index is 11.7. The summed E-state index contributed by atoms with van der Waals surface area (Å²) in [7, 11) is 3.35. The van der Waals surface area contributed by atoms with Crippen molar-refractivity contribution >= 4 is 5.91 Å². The van der Waals surface area contributed by atoms with E-state index in [9.17, 15) is 4.79 Å². The van der Waals surface area contributed by atoms with Gasteiger partial charge in [-0.25, -0.2) is 4.98 Å². The molecule has 2 N–H and O–H groups in total. The molecule has 0 aliphatic carbocycles. The Kier molecular flexibility index (Phi) is 4.94. The average Bonchev–Trinajstić information content (AvgIpc) is 2.65. The number of aliphatic hydroxyl groups is 1. The van der Waals surface area contributed by atoms with Crippen LogP contribution in [0.25, 0.3) is 0 Å². The summed E-state index contributed by atoms with van der Waals surface area (Å²) in [4.78, 5) is 15.6. The van der Waals surface area contributed by atoms with Gasteiger partial charge >= 0.3 is 0 Å². The first-order chi connectivity index (χ1) is 7.67. The minimum absolute atomic E-state index is 0.0104. The molecule has 0 fully saturated rings. The molecule has 0 saturated carbocycles. The fourth-order valence-electron chi connectivity index (χ4n) is 1.34. The van der Waals surface area contributed by atoms with Crippen molar-refractivity contribution in [3.63, 3.8) is 0 Å². The second-order valence-electron chi connectivity index (χ2n) is 3.56. The zero-order valence-electron chi connectivity index (χ0n) is 9.51. The Morgan fingerprint density at radius 1 is 1.75 bits per heavy atom. The van der Waals surface area contributed by atoms with Crippen LogP contribution in [0.4, 0.5) is 0 Å². The van der Waals surface area contributed by atoms with Crippen LogP contribution in [0.2, 0.25) is 0 Å². The van der Waals surface area contributed by atoms with Gasteiger partial charge in [0.15, 0.2) is 0 Å². The average molecular weight is 227 g/mol. The van der Waals surface area contributed by atoms with E-state index < -0.39 is 0 Å². The number of ether oxygens (including phenoxy) is 1. The first-order valence-corrected chi connectivity index (χ1v) is 5.06. The van der Waals surface area contributed by atoms with Gasteiger partial charge < -0.3 is 19.7 Å². The van der Waals surface area contributed by atoms with E-state index >= 15 is 0 Å². The molecule has 0 spiro atoms. The van der Waals surface area contributed by atoms with E-state index in [4.69, 9.17) is 9.84 Å². The number of hydrogen-bond donors (Lipinski definition) is 2. The minimum atomic E-state index is -0.254. The summed E-state index contributed by atoms with van der Waals surface area (Å²) >= 11 is 0. The first kappa shape index (κ1) is 12.7. The summed E-state index contributed by atoms with van der Waals surface area (Å²) in [5.41, 5.74) is 0.363. The lowest BCUT2D eigenvalue weighted by Gasteiger charge is -2.15. The summed E-state index contributed by atoms with van der Waals surface area (Å²) in [6.07, 6.45) is 3.66. The van der Waals surface area contributed by atoms with Crippen molar-refractivity contribution in [3.8, 4) is 0 Å². The maximum absolute atomic E-state index is 11.7. The van der Waals surface area contributed by atoms with E-state index in [2.05, 4.69) is 10.3 Å². The topological polar surface area (TPSA) is 76.4 Å². The molecule has 0 radical (unpaired) electrons. The van der Waals surface area contributed by atoms with Gasteiger partial charge in [-0.1, -0.05) is 0 Å². The molecule has 6 nitrogen and oxygen atoms in total. The Morgan fingerprint density at radius 3 is 3.00 bits per heavy atom. The number of hydrogen-bond acceptors (Lipinski definition) is 4. The number of nitrogens with one attached hydrogen (secondary N) is 1. The minimum Gasteiger partial charge on any atom is -0.396 e. The molecule has 1 atom stereocenters. The third kappa shape index (κ3) is 3.63. The molecule has 0 aliphatic rings. The van der Waals surface area contributed by atoms with Crippen molar-refractivity contribution in [2.75, 3.05) is 20.3 Å². The molecule has 1 aromatic rings. The number of imidazole rings is 1. The Balaban J connectivity index is 2.54. The summed E-state index contributed by atoms with van der Waals surface area (Å²) in [5.74, 6) is -0.254. The predicted molar refractivity (Wildman–Crippen MR) is 58.0 cm³/mol. The summed E-state index contributed by atoms with van der Waals surface area (Å²) in [6, 6.07) is -0.190. The van der Waals surface area contributed by atoms with Gasteiger partial charge in [0, 0.05) is 27.0 Å². The number of amides is 1. The molecule has 1 amide bonds. The molecule has 1 unspecified atom stereocenters. The first-order valence-electron chi connectivity index (χ1n) is 5.06. The lowest BCUT2D eigenvalue weighted by atomic mass is 10.2. The van der Waals surface area contributed by atoms with Gasteiger partial charge in [0.1, 0.15) is 5.69 Å². The quantitative estimate of drug-likeness (QED) is 0.690. The molecule has 16 heavy (non-hydrogen) atoms. The number of rotatable bonds is 6. The number of aliphatic hydroxyl groups excluding tert-OH is 1. The Bertz CT molecular complexity index is 332. The largest absolute Gasteiger partial charge is 0.396 e. The van der Waals surface area contributed by atoms with Crippen LogP contribution in [0.15, 0.2) is 12.5 Å². The molecule has 1 heterocycles. The Morgan fingerprint density at radius 2 is 2.50 bits per heavy atom. The van der Waals surface area contributed by atoms with Crippen molar-refractivity contribution in [3.05, 3.63) is 18.2 Å². The third-order valence-electron chi connectivity index (χ3n) is 2.12. The lowest BCUT2D eigenvalue weighted by Crippen LogP contribution is -2.38. The predicted octanol–water partition coefficient (Wildman–Crippen LogP) is -0.453. The maximum Gasteiger partial charge on any atom is 0.271 e. The van der Waals surface area contributed by atoms with Crippen LogP contribution in [-0.2, 0) is 11.8 Å². The van der Waals surface area contributed by atoms with Crippen LogP contribution in [-0.4, -0.2) is 46.9 Å². The molecule has 0 bridgehead atoms. The van der Waals surface area contributed by atoms with E-state index in [0.717, 1.165) is 0 Å². The Hall–Kier alpha value is -1.40. The van der Waals surface area contributed by atoms with Crippen LogP contribution >= 0.6 is 0 Å². The van der Waals surface area contributed by atoms with Crippen molar-refractivity contribution in [2.24, 2.45) is 7.05 Å². The van der Waals surface area contributed by atoms with Crippen LogP contribution in [0.5, 0.6) is 0 Å². The molecule has 0 aliphatic heterocycles. The highest BCUT2D eigenvalue weighted by atomic mass is 16.5. The second kappa shape index (κ2) is 6.24. The number of aromatic nitrogens is 2. The molecule has 1 rings (SSSR count). The van der Waals surface area contributed by atoms with Gasteiger partial charge in [-0.3, -0.25) is 4.79 Å². The van der Waals surface area contributed by atoms with E-state index in [0.29, 0.717) is 18.7 Å². The molecule has 0 saturated heterocycles. The van der Waals surface area contributed by atoms with Gasteiger partial charge in [0.2, 0.25) is 0 Å². The molecular formula is C10H17N3O3. The van der Waals surface area contributed by atoms with Crippen molar-refractivity contribution in [2.45, 2.75) is 12.5 Å². The van der Waals surface area contributed by atoms with Crippen molar-refractivity contribution in [1.82, 2.24) is 14.9 Å². The summed E-state index contributed by atoms with van der Waals surface area (Å²) in [5, 5.41) is 11.6. The van der Waals surface area contributed by atoms with E-state index in [1.54, 1.807) is 31.2 Å². The molecule has 0 aromatic carbocycles. The Labute approximate surface area is 94.2 Å². The second-order valence-corrected chi connectivity index (χ2v) is 3.56. The van der Waals surface area contributed by atoms with Gasteiger partial charge in [0.25, 0.3) is 5.91 Å². The van der Waals surface area contributed by atoms with Gasteiger partial charge in [-0.2, -0.15) is 0 Å². The fraction of sp³-hybridized carbons (Fsp3) is 0.600. The highest BCUT2D eigenvalue weighted by Crippen LogP contribution is 1.98. The van der Waals surface area contributed by atoms with Gasteiger partial charge in [-0.15, -0.1) is 0 Å². The molecule has 6 heteroatoms. The van der Waals surface area contributed by atoms with Crippen LogP contribution in [0.3, 0.4) is 0 Å². The smallest absolute Gasteiger partial charge is 0.271 e. The van der Waals surface area contributed by atoms with E-state index in [-0.39, 0.29) is 18.6 Å². The summed E-state index contributed by atoms with van der Waals surface area (Å²) in [6.45, 7) is 0.385. The summed E-state index contributed by atoms with van der Waals surface area (Å²) < 4.78 is 6.65. The standard InChI is InChI=1S/C10H17N3O3/c1-13-5-9(11-7-13)10(15)12-8(3-4-14)6-16-2/h5,7-8,14H,3-4,6H2,1-2H3,(H,12,15). The van der Waals surface area contributed by atoms with E-state index in [1.807, 2.05) is 0 Å². The normalized spacial score (nSPS) is 12.4. The zero-order valence-corrected chi connectivity index (χ0v) is 9.51. The highest BCUT2D eigenvalue weighted by Gasteiger charge is 2.14. The van der Waals surface area contributed by atoms with Crippen molar-refractivity contribution in [1.29, 1.82) is 0 Å². The van der Waals surface area contributed by atoms with Crippen molar-refractivity contribution < 1.29 is 14.6 Å². The van der Waals surface area contributed by atoms with Gasteiger partial charge in [0.05, 0.1) is 19.0 Å².